The lowest BCUT2D eigenvalue weighted by Gasteiger charge is -2.26. The third-order valence-corrected chi connectivity index (χ3v) is 5.31. The van der Waals surface area contributed by atoms with Gasteiger partial charge in [-0.25, -0.2) is 4.99 Å². The number of hydrogen-bond acceptors (Lipinski definition) is 4. The van der Waals surface area contributed by atoms with Crippen LogP contribution in [0.25, 0.3) is 6.08 Å². The first-order valence-corrected chi connectivity index (χ1v) is 9.99. The first kappa shape index (κ1) is 19.2. The minimum absolute atomic E-state index is 0.00731. The van der Waals surface area contributed by atoms with Crippen LogP contribution in [0, 0.1) is 0 Å². The molecule has 6 heteroatoms. The molecular weight excluding hydrogens is 368 g/mol. The van der Waals surface area contributed by atoms with E-state index in [0.717, 1.165) is 44.3 Å². The van der Waals surface area contributed by atoms with E-state index >= 15 is 0 Å². The molecule has 3 aliphatic rings. The Morgan fingerprint density at radius 1 is 1.21 bits per heavy atom. The maximum atomic E-state index is 12.8. The monoisotopic (exact) mass is 392 g/mol. The minimum atomic E-state index is -0.477. The molecule has 2 aliphatic heterocycles. The van der Waals surface area contributed by atoms with Crippen LogP contribution in [0.2, 0.25) is 0 Å². The molecule has 1 atom stereocenters. The maximum Gasteiger partial charge on any atom is 0.312 e. The van der Waals surface area contributed by atoms with Gasteiger partial charge in [0.1, 0.15) is 5.75 Å². The second-order valence-electron chi connectivity index (χ2n) is 7.30. The summed E-state index contributed by atoms with van der Waals surface area (Å²) in [5.41, 5.74) is 1.76. The highest BCUT2D eigenvalue weighted by atomic mass is 16.5. The molecule has 0 spiro atoms. The topological polar surface area (TPSA) is 68.2 Å². The molecule has 4 rings (SSSR count). The Bertz CT molecular complexity index is 934. The third-order valence-electron chi connectivity index (χ3n) is 5.31. The van der Waals surface area contributed by atoms with Crippen molar-refractivity contribution in [2.75, 3.05) is 20.2 Å². The van der Waals surface area contributed by atoms with E-state index in [4.69, 9.17) is 9.47 Å². The van der Waals surface area contributed by atoms with Crippen molar-refractivity contribution in [3.8, 4) is 5.75 Å². The van der Waals surface area contributed by atoms with Gasteiger partial charge in [-0.15, -0.1) is 0 Å². The Morgan fingerprint density at radius 2 is 1.97 bits per heavy atom. The summed E-state index contributed by atoms with van der Waals surface area (Å²) in [7, 11) is 1.58. The van der Waals surface area contributed by atoms with E-state index in [9.17, 15) is 9.59 Å². The van der Waals surface area contributed by atoms with Crippen LogP contribution in [0.1, 0.15) is 31.2 Å². The number of methoxy groups -OCH3 is 1. The van der Waals surface area contributed by atoms with Crippen molar-refractivity contribution in [3.63, 3.8) is 0 Å². The summed E-state index contributed by atoms with van der Waals surface area (Å²) in [6.45, 7) is 1.56. The smallest absolute Gasteiger partial charge is 0.312 e. The van der Waals surface area contributed by atoms with Gasteiger partial charge in [0.05, 0.1) is 12.8 Å². The van der Waals surface area contributed by atoms with Crippen molar-refractivity contribution in [1.29, 1.82) is 0 Å². The van der Waals surface area contributed by atoms with Gasteiger partial charge in [-0.3, -0.25) is 9.59 Å². The molecule has 0 radical (unpaired) electrons. The highest BCUT2D eigenvalue weighted by Crippen LogP contribution is 2.26. The Kier molecular flexibility index (Phi) is 5.60. The number of para-hydroxylation sites is 1. The fraction of sp³-hybridized carbons (Fsp3) is 0.348. The Morgan fingerprint density at radius 3 is 2.72 bits per heavy atom. The molecule has 0 aromatic heterocycles. The van der Waals surface area contributed by atoms with Crippen molar-refractivity contribution < 1.29 is 19.1 Å². The van der Waals surface area contributed by atoms with E-state index in [1.165, 1.54) is 0 Å². The van der Waals surface area contributed by atoms with Crippen LogP contribution in [-0.2, 0) is 14.3 Å². The second-order valence-corrected chi connectivity index (χ2v) is 7.30. The standard InChI is InChI=1S/C23H24N2O4/c1-28-19-9-5-4-8-16(19)15-21-22(26)24-18-14-17(10-11-20(18)29-21)23(27)25-12-6-2-3-7-13-25/h4-5,8-11,14-15,20H,2-3,6-7,12-13H2,1H3/b21-15+. The number of benzene rings is 1. The number of amides is 2. The van der Waals surface area contributed by atoms with Gasteiger partial charge in [0.15, 0.2) is 11.9 Å². The van der Waals surface area contributed by atoms with Crippen LogP contribution < -0.4 is 4.74 Å². The Hall–Kier alpha value is -3.15. The number of likely N-dealkylation sites (tertiary alicyclic amines) is 1. The van der Waals surface area contributed by atoms with E-state index in [2.05, 4.69) is 4.99 Å². The van der Waals surface area contributed by atoms with Crippen LogP contribution >= 0.6 is 0 Å². The van der Waals surface area contributed by atoms with Gasteiger partial charge in [-0.05, 0) is 43.2 Å². The first-order valence-electron chi connectivity index (χ1n) is 9.99. The number of rotatable bonds is 3. The van der Waals surface area contributed by atoms with Crippen LogP contribution in [0.3, 0.4) is 0 Å². The van der Waals surface area contributed by atoms with Gasteiger partial charge in [0.2, 0.25) is 0 Å². The van der Waals surface area contributed by atoms with Crippen LogP contribution in [0.5, 0.6) is 5.75 Å². The molecule has 1 saturated heterocycles. The molecular formula is C23H24N2O4. The Labute approximate surface area is 170 Å². The average Bonchev–Trinajstić information content (AvgIpc) is 3.03. The van der Waals surface area contributed by atoms with Gasteiger partial charge in [0, 0.05) is 24.2 Å². The number of ether oxygens (including phenoxy) is 2. The molecule has 1 aromatic rings. The number of nitrogens with zero attached hydrogens (tertiary/aromatic N) is 2. The van der Waals surface area contributed by atoms with Gasteiger partial charge in [-0.1, -0.05) is 31.0 Å². The second kappa shape index (κ2) is 8.47. The van der Waals surface area contributed by atoms with Gasteiger partial charge in [0.25, 0.3) is 5.91 Å². The summed E-state index contributed by atoms with van der Waals surface area (Å²) in [6.07, 6.45) is 10.8. The van der Waals surface area contributed by atoms with E-state index < -0.39 is 12.0 Å². The molecule has 0 saturated carbocycles. The number of hydrogen-bond donors (Lipinski definition) is 0. The maximum absolute atomic E-state index is 12.8. The zero-order valence-electron chi connectivity index (χ0n) is 16.5. The summed E-state index contributed by atoms with van der Waals surface area (Å²) in [6, 6.07) is 7.38. The van der Waals surface area contributed by atoms with Crippen molar-refractivity contribution in [3.05, 3.63) is 59.4 Å². The molecule has 0 bridgehead atoms. The zero-order chi connectivity index (χ0) is 20.2. The fourth-order valence-corrected chi connectivity index (χ4v) is 3.75. The van der Waals surface area contributed by atoms with Crippen molar-refractivity contribution in [2.24, 2.45) is 4.99 Å². The van der Waals surface area contributed by atoms with Crippen molar-refractivity contribution in [1.82, 2.24) is 4.90 Å². The highest BCUT2D eigenvalue weighted by Gasteiger charge is 2.30. The van der Waals surface area contributed by atoms with E-state index in [-0.39, 0.29) is 11.7 Å². The van der Waals surface area contributed by atoms with Crippen molar-refractivity contribution in [2.45, 2.75) is 31.8 Å². The fourth-order valence-electron chi connectivity index (χ4n) is 3.75. The number of carbonyl (C=O) groups excluding carboxylic acids is 2. The third kappa shape index (κ3) is 4.16. The lowest BCUT2D eigenvalue weighted by Crippen LogP contribution is -2.36. The molecule has 2 heterocycles. The van der Waals surface area contributed by atoms with Gasteiger partial charge < -0.3 is 14.4 Å². The zero-order valence-corrected chi connectivity index (χ0v) is 16.5. The quantitative estimate of drug-likeness (QED) is 0.740. The van der Waals surface area contributed by atoms with Crippen LogP contribution in [-0.4, -0.2) is 48.7 Å². The molecule has 29 heavy (non-hydrogen) atoms. The summed E-state index contributed by atoms with van der Waals surface area (Å²) < 4.78 is 11.2. The molecule has 1 aromatic carbocycles. The number of carbonyl (C=O) groups is 2. The normalized spacial score (nSPS) is 22.9. The van der Waals surface area contributed by atoms with Crippen LogP contribution in [0.4, 0.5) is 0 Å². The van der Waals surface area contributed by atoms with E-state index in [1.807, 2.05) is 29.2 Å². The van der Waals surface area contributed by atoms with Gasteiger partial charge in [-0.2, -0.15) is 0 Å². The highest BCUT2D eigenvalue weighted by molar-refractivity contribution is 6.16. The van der Waals surface area contributed by atoms with E-state index in [0.29, 0.717) is 17.0 Å². The van der Waals surface area contributed by atoms with Gasteiger partial charge >= 0.3 is 5.91 Å². The summed E-state index contributed by atoms with van der Waals surface area (Å²) in [4.78, 5) is 31.4. The minimum Gasteiger partial charge on any atom is -0.496 e. The molecule has 150 valence electrons. The molecule has 1 aliphatic carbocycles. The lowest BCUT2D eigenvalue weighted by atomic mass is 10.0. The predicted molar refractivity (Wildman–Crippen MR) is 111 cm³/mol. The molecule has 1 unspecified atom stereocenters. The average molecular weight is 392 g/mol. The number of fused-ring (bicyclic) bond motifs is 1. The number of aliphatic imine (C=N–C) groups is 1. The SMILES string of the molecule is COc1ccccc1/C=C1/OC2C=CC(C(=O)N3CCCCCC3)=CC2=NC1=O. The first-order chi connectivity index (χ1) is 14.2. The predicted octanol–water partition coefficient (Wildman–Crippen LogP) is 3.30. The largest absolute Gasteiger partial charge is 0.496 e. The van der Waals surface area contributed by atoms with Crippen LogP contribution in [0.15, 0.2) is 58.8 Å². The molecule has 6 nitrogen and oxygen atoms in total. The Balaban J connectivity index is 1.55. The lowest BCUT2D eigenvalue weighted by molar-refractivity contribution is -0.126. The summed E-state index contributed by atoms with van der Waals surface area (Å²) in [5.74, 6) is 0.335. The molecule has 0 N–H and O–H groups in total. The van der Waals surface area contributed by atoms with E-state index in [1.54, 1.807) is 31.4 Å². The molecule has 2 amide bonds. The van der Waals surface area contributed by atoms with Crippen molar-refractivity contribution >= 4 is 23.6 Å². The summed E-state index contributed by atoms with van der Waals surface area (Å²) >= 11 is 0. The molecule has 1 fully saturated rings. The summed E-state index contributed by atoms with van der Waals surface area (Å²) in [5, 5.41) is 0.